The number of unbranched alkanes of at least 4 members (excludes halogenated alkanes) is 9. The largest absolute Gasteiger partial charge is 0.509 e. The quantitative estimate of drug-likeness (QED) is 0.0295. The molecule has 1 amide bonds. The summed E-state index contributed by atoms with van der Waals surface area (Å²) in [5.74, 6) is -5.43. The van der Waals surface area contributed by atoms with Crippen LogP contribution in [0.15, 0.2) is 103 Å². The van der Waals surface area contributed by atoms with E-state index in [-0.39, 0.29) is 29.1 Å². The van der Waals surface area contributed by atoms with E-state index >= 15 is 0 Å². The monoisotopic (exact) mass is 1090 g/mol. The van der Waals surface area contributed by atoms with Gasteiger partial charge in [-0.3, -0.25) is 9.59 Å². The lowest BCUT2D eigenvalue weighted by atomic mass is 9.92. The van der Waals surface area contributed by atoms with Crippen molar-refractivity contribution in [2.75, 3.05) is 20.3 Å². The highest BCUT2D eigenvalue weighted by atomic mass is 16.8. The first-order valence-corrected chi connectivity index (χ1v) is 27.0. The summed E-state index contributed by atoms with van der Waals surface area (Å²) in [6.45, 7) is 12.0. The molecule has 428 valence electrons. The van der Waals surface area contributed by atoms with Gasteiger partial charge in [0.25, 0.3) is 0 Å². The molecule has 0 aliphatic carbocycles. The van der Waals surface area contributed by atoms with Crippen LogP contribution < -0.4 is 5.32 Å². The number of nitrogens with one attached hydrogen (secondary N) is 1. The second-order valence-corrected chi connectivity index (χ2v) is 21.1. The van der Waals surface area contributed by atoms with Gasteiger partial charge in [-0.2, -0.15) is 0 Å². The molecule has 1 heterocycles. The molecular weight excluding hydrogens is 1010 g/mol. The summed E-state index contributed by atoms with van der Waals surface area (Å²) in [4.78, 5) is 95.1. The van der Waals surface area contributed by atoms with Crippen molar-refractivity contribution in [1.29, 1.82) is 0 Å². The molecule has 18 heteroatoms. The van der Waals surface area contributed by atoms with Crippen molar-refractivity contribution in [2.24, 2.45) is 0 Å². The van der Waals surface area contributed by atoms with Crippen LogP contribution in [-0.4, -0.2) is 116 Å². The van der Waals surface area contributed by atoms with Gasteiger partial charge in [-0.25, -0.2) is 24.0 Å². The summed E-state index contributed by atoms with van der Waals surface area (Å²) >= 11 is 0. The standard InChI is InChI=1S/C60H81NO17/c1-10-11-12-13-16-28-37-46(72-53(64)42-31-22-19-23-32-42)45(61-48(62)38-29-17-14-15-18-30-39-49(63)69-9)40-71-60(8)52(75-55(66)44-35-26-21-27-36-44)51(73-54(65)43-33-24-20-25-34-43)50(74-57(68)78-59(5,6)7)47(76-60)41-70-56(67)77-58(2,3)4/h19-28,31-37,45-47,50-52H,10-18,29-30,38-41H2,1-9H3,(H,61,62)/b37-28+/t45-,46+,47+,50-,51-,52+,60-/m0/s1. The molecule has 1 N–H and O–H groups in total. The number of amides is 1. The molecule has 0 radical (unpaired) electrons. The smallest absolute Gasteiger partial charge is 0.469 e. The number of ether oxygens (including phenoxy) is 10. The van der Waals surface area contributed by atoms with Crippen LogP contribution in [0.5, 0.6) is 0 Å². The van der Waals surface area contributed by atoms with E-state index in [1.54, 1.807) is 114 Å². The molecule has 1 fully saturated rings. The third kappa shape index (κ3) is 23.0. The van der Waals surface area contributed by atoms with Crippen molar-refractivity contribution in [1.82, 2.24) is 5.32 Å². The van der Waals surface area contributed by atoms with E-state index in [0.717, 1.165) is 51.4 Å². The van der Waals surface area contributed by atoms with Gasteiger partial charge in [0.15, 0.2) is 18.3 Å². The third-order valence-electron chi connectivity index (χ3n) is 12.1. The first-order valence-electron chi connectivity index (χ1n) is 27.0. The SMILES string of the molecule is CCCCCC/C=C/[C@@H](OC(=O)c1ccccc1)[C@H](CO[C@@]1(C)O[C@H](COC(=O)OC(C)(C)C)[C@H](OC(=O)OC(C)(C)C)[C@H](OC(=O)c2ccccc2)[C@H]1OC(=O)c1ccccc1)NC(=O)CCCCCCCCC(=O)OC. The van der Waals surface area contributed by atoms with Crippen molar-refractivity contribution in [3.8, 4) is 0 Å². The topological polar surface area (TPSA) is 224 Å². The van der Waals surface area contributed by atoms with E-state index in [1.807, 2.05) is 6.08 Å². The van der Waals surface area contributed by atoms with Crippen LogP contribution in [0.3, 0.4) is 0 Å². The Morgan fingerprint density at radius 3 is 1.69 bits per heavy atom. The Hall–Kier alpha value is -6.79. The van der Waals surface area contributed by atoms with Crippen molar-refractivity contribution in [2.45, 2.75) is 192 Å². The number of hydrogen-bond donors (Lipinski definition) is 1. The summed E-state index contributed by atoms with van der Waals surface area (Å²) in [6.07, 6.45) is 2.52. The predicted octanol–water partition coefficient (Wildman–Crippen LogP) is 11.4. The Balaban J connectivity index is 1.84. The second-order valence-electron chi connectivity index (χ2n) is 21.1. The molecule has 3 aromatic carbocycles. The van der Waals surface area contributed by atoms with Gasteiger partial charge in [-0.1, -0.05) is 113 Å². The molecule has 1 aliphatic rings. The first-order chi connectivity index (χ1) is 37.1. The van der Waals surface area contributed by atoms with Crippen molar-refractivity contribution in [3.05, 3.63) is 120 Å². The maximum absolute atomic E-state index is 14.3. The minimum atomic E-state index is -2.24. The number of rotatable bonds is 29. The molecule has 0 bridgehead atoms. The minimum absolute atomic E-state index is 0.0724. The Morgan fingerprint density at radius 2 is 1.14 bits per heavy atom. The Morgan fingerprint density at radius 1 is 0.628 bits per heavy atom. The zero-order valence-electron chi connectivity index (χ0n) is 46.8. The van der Waals surface area contributed by atoms with Crippen LogP contribution in [0.4, 0.5) is 9.59 Å². The minimum Gasteiger partial charge on any atom is -0.469 e. The molecule has 7 atom stereocenters. The molecular formula is C60H81NO17. The Bertz CT molecular complexity index is 2360. The number of methoxy groups -OCH3 is 1. The van der Waals surface area contributed by atoms with E-state index in [9.17, 15) is 33.6 Å². The van der Waals surface area contributed by atoms with E-state index < -0.39 is 103 Å². The van der Waals surface area contributed by atoms with Crippen molar-refractivity contribution < 1.29 is 80.9 Å². The highest BCUT2D eigenvalue weighted by Gasteiger charge is 2.60. The van der Waals surface area contributed by atoms with Crippen LogP contribution in [0.2, 0.25) is 0 Å². The normalized spacial score (nSPS) is 19.1. The van der Waals surface area contributed by atoms with Crippen LogP contribution in [0, 0.1) is 0 Å². The molecule has 0 saturated carbocycles. The molecule has 1 aliphatic heterocycles. The number of hydrogen-bond acceptors (Lipinski definition) is 17. The predicted molar refractivity (Wildman–Crippen MR) is 288 cm³/mol. The Kier molecular flexibility index (Phi) is 26.3. The lowest BCUT2D eigenvalue weighted by Gasteiger charge is -2.49. The van der Waals surface area contributed by atoms with Gasteiger partial charge >= 0.3 is 36.2 Å². The van der Waals surface area contributed by atoms with Gasteiger partial charge in [-0.15, -0.1) is 0 Å². The number of carbonyl (C=O) groups excluding carboxylic acids is 7. The molecule has 0 unspecified atom stereocenters. The zero-order chi connectivity index (χ0) is 57.1. The number of carbonyl (C=O) groups is 7. The van der Waals surface area contributed by atoms with E-state index in [2.05, 4.69) is 12.2 Å². The number of benzene rings is 3. The zero-order valence-corrected chi connectivity index (χ0v) is 46.8. The molecule has 0 spiro atoms. The molecule has 0 aromatic heterocycles. The van der Waals surface area contributed by atoms with Gasteiger partial charge in [0.1, 0.15) is 30.0 Å². The average molecular weight is 1090 g/mol. The van der Waals surface area contributed by atoms with Crippen LogP contribution >= 0.6 is 0 Å². The molecule has 1 saturated heterocycles. The summed E-state index contributed by atoms with van der Waals surface area (Å²) in [7, 11) is 1.36. The number of esters is 4. The first kappa shape index (κ1) is 63.7. The molecule has 3 aromatic rings. The lowest BCUT2D eigenvalue weighted by molar-refractivity contribution is -0.356. The highest BCUT2D eigenvalue weighted by Crippen LogP contribution is 2.38. The Labute approximate surface area is 459 Å². The average Bonchev–Trinajstić information content (AvgIpc) is 3.48. The third-order valence-corrected chi connectivity index (χ3v) is 12.1. The second kappa shape index (κ2) is 32.2. The maximum Gasteiger partial charge on any atom is 0.509 e. The lowest BCUT2D eigenvalue weighted by Crippen LogP contribution is -2.68. The van der Waals surface area contributed by atoms with E-state index in [4.69, 9.17) is 47.4 Å². The van der Waals surface area contributed by atoms with Crippen LogP contribution in [0.1, 0.15) is 170 Å². The fourth-order valence-electron chi connectivity index (χ4n) is 8.20. The summed E-state index contributed by atoms with van der Waals surface area (Å²) in [6, 6.07) is 23.0. The van der Waals surface area contributed by atoms with Crippen molar-refractivity contribution in [3.63, 3.8) is 0 Å². The maximum atomic E-state index is 14.3. The molecule has 4 rings (SSSR count). The number of allylic oxidation sites excluding steroid dienone is 1. The fraction of sp³-hybridized carbons (Fsp3) is 0.550. The van der Waals surface area contributed by atoms with Crippen molar-refractivity contribution >= 4 is 42.1 Å². The fourth-order valence-corrected chi connectivity index (χ4v) is 8.20. The summed E-state index contributed by atoms with van der Waals surface area (Å²) in [5, 5.41) is 3.03. The van der Waals surface area contributed by atoms with Gasteiger partial charge in [0.2, 0.25) is 11.7 Å². The van der Waals surface area contributed by atoms with Gasteiger partial charge < -0.3 is 52.7 Å². The van der Waals surface area contributed by atoms with Crippen LogP contribution in [0.25, 0.3) is 0 Å². The summed E-state index contributed by atoms with van der Waals surface area (Å²) in [5.41, 5.74) is -1.67. The molecule has 78 heavy (non-hydrogen) atoms. The molecule has 18 nitrogen and oxygen atoms in total. The van der Waals surface area contributed by atoms with Gasteiger partial charge in [0.05, 0.1) is 36.4 Å². The van der Waals surface area contributed by atoms with Crippen LogP contribution in [-0.2, 0) is 57.0 Å². The van der Waals surface area contributed by atoms with E-state index in [1.165, 1.54) is 38.3 Å². The highest BCUT2D eigenvalue weighted by molar-refractivity contribution is 5.91. The van der Waals surface area contributed by atoms with Gasteiger partial charge in [0, 0.05) is 12.8 Å². The van der Waals surface area contributed by atoms with E-state index in [0.29, 0.717) is 25.7 Å². The summed E-state index contributed by atoms with van der Waals surface area (Å²) < 4.78 is 59.5. The van der Waals surface area contributed by atoms with Gasteiger partial charge in [-0.05, 0) is 117 Å².